The number of H-pyrrole nitrogens is 1. The van der Waals surface area contributed by atoms with E-state index in [1.165, 1.54) is 18.2 Å². The Bertz CT molecular complexity index is 1170. The number of anilines is 1. The van der Waals surface area contributed by atoms with E-state index in [1.807, 2.05) is 0 Å². The third-order valence-corrected chi connectivity index (χ3v) is 6.67. The number of urea groups is 1. The molecule has 2 amide bonds. The lowest BCUT2D eigenvalue weighted by molar-refractivity contribution is -0.384. The van der Waals surface area contributed by atoms with Crippen LogP contribution in [0.5, 0.6) is 0 Å². The van der Waals surface area contributed by atoms with Crippen molar-refractivity contribution >= 4 is 40.2 Å². The summed E-state index contributed by atoms with van der Waals surface area (Å²) in [7, 11) is 0. The first kappa shape index (κ1) is 27.4. The van der Waals surface area contributed by atoms with Gasteiger partial charge in [-0.15, -0.1) is 0 Å². The van der Waals surface area contributed by atoms with Crippen LogP contribution < -0.4 is 5.32 Å². The number of unbranched alkanes of at least 4 members (excludes halogenated alkanes) is 5. The van der Waals surface area contributed by atoms with Gasteiger partial charge in [-0.1, -0.05) is 44.4 Å². The van der Waals surface area contributed by atoms with Crippen LogP contribution in [0.4, 0.5) is 25.0 Å². The highest BCUT2D eigenvalue weighted by Gasteiger charge is 2.15. The van der Waals surface area contributed by atoms with Crippen molar-refractivity contribution in [1.29, 1.82) is 0 Å². The highest BCUT2D eigenvalue weighted by molar-refractivity contribution is 7.99. The first-order valence-corrected chi connectivity index (χ1v) is 13.1. The Morgan fingerprint density at radius 2 is 1.83 bits per heavy atom. The zero-order valence-electron chi connectivity index (χ0n) is 20.3. The lowest BCUT2D eigenvalue weighted by Crippen LogP contribution is -2.36. The summed E-state index contributed by atoms with van der Waals surface area (Å²) < 4.78 is 27.1. The third-order valence-electron chi connectivity index (χ3n) is 5.71. The maximum Gasteiger partial charge on any atom is 0.321 e. The van der Waals surface area contributed by atoms with E-state index in [4.69, 9.17) is 0 Å². The molecule has 0 bridgehead atoms. The van der Waals surface area contributed by atoms with Gasteiger partial charge in [-0.2, -0.15) is 0 Å². The summed E-state index contributed by atoms with van der Waals surface area (Å²) >= 11 is 1.55. The highest BCUT2D eigenvalue weighted by Crippen LogP contribution is 2.24. The minimum Gasteiger partial charge on any atom is -0.333 e. The molecule has 2 N–H and O–H groups in total. The summed E-state index contributed by atoms with van der Waals surface area (Å²) in [5.74, 6) is -0.680. The van der Waals surface area contributed by atoms with Gasteiger partial charge in [-0.05, 0) is 37.5 Å². The number of fused-ring (bicyclic) bond motifs is 1. The predicted octanol–water partition coefficient (Wildman–Crippen LogP) is 7.13. The number of amides is 2. The van der Waals surface area contributed by atoms with Gasteiger partial charge in [0.15, 0.2) is 5.16 Å². The number of halogens is 2. The molecule has 3 aromatic rings. The molecule has 1 aromatic heterocycles. The number of nitro benzene ring substituents is 1. The molecule has 0 saturated carbocycles. The maximum atomic E-state index is 14.0. The molecule has 194 valence electrons. The normalized spacial score (nSPS) is 11.1. The number of nitro groups is 1. The fraction of sp³-hybridized carbons (Fsp3) is 0.440. The molecule has 3 rings (SSSR count). The van der Waals surface area contributed by atoms with Crippen molar-refractivity contribution in [2.24, 2.45) is 0 Å². The standard InChI is InChI=1S/C25H31F2N5O3S/c1-2-3-4-6-13-31(25(33)30-21-11-9-18(26)16-20(21)27)14-7-5-8-15-36-24-28-22-12-10-19(32(34)35)17-23(22)29-24/h9-12,16-17H,2-8,13-15H2,1H3,(H,28,29)(H,30,33). The predicted molar refractivity (Wildman–Crippen MR) is 138 cm³/mol. The summed E-state index contributed by atoms with van der Waals surface area (Å²) in [4.78, 5) is 32.5. The van der Waals surface area contributed by atoms with E-state index in [0.717, 1.165) is 62.8 Å². The molecule has 8 nitrogen and oxygen atoms in total. The molecular formula is C25H31F2N5O3S. The molecule has 0 atom stereocenters. The lowest BCUT2D eigenvalue weighted by atomic mass is 10.2. The zero-order chi connectivity index (χ0) is 25.9. The average Bonchev–Trinajstić information content (AvgIpc) is 3.26. The largest absolute Gasteiger partial charge is 0.333 e. The van der Waals surface area contributed by atoms with Gasteiger partial charge in [-0.3, -0.25) is 10.1 Å². The van der Waals surface area contributed by atoms with Gasteiger partial charge in [0.05, 0.1) is 21.6 Å². The van der Waals surface area contributed by atoms with Gasteiger partial charge in [0.2, 0.25) is 0 Å². The van der Waals surface area contributed by atoms with Crippen LogP contribution in [0, 0.1) is 21.7 Å². The monoisotopic (exact) mass is 519 g/mol. The Labute approximate surface area is 213 Å². The number of carbonyl (C=O) groups is 1. The van der Waals surface area contributed by atoms with Crippen LogP contribution in [0.3, 0.4) is 0 Å². The summed E-state index contributed by atoms with van der Waals surface area (Å²) in [5, 5.41) is 14.2. The Hall–Kier alpha value is -3.21. The molecule has 0 aliphatic carbocycles. The van der Waals surface area contributed by atoms with E-state index in [1.54, 1.807) is 22.7 Å². The summed E-state index contributed by atoms with van der Waals surface area (Å²) in [6.07, 6.45) is 6.65. The number of carbonyl (C=O) groups excluding carboxylic acids is 1. The molecule has 0 fully saturated rings. The zero-order valence-corrected chi connectivity index (χ0v) is 21.1. The second-order valence-electron chi connectivity index (χ2n) is 8.51. The van der Waals surface area contributed by atoms with Crippen LogP contribution in [-0.2, 0) is 0 Å². The number of benzene rings is 2. The number of aromatic amines is 1. The molecule has 11 heteroatoms. The fourth-order valence-electron chi connectivity index (χ4n) is 3.74. The Kier molecular flexibility index (Phi) is 10.5. The Morgan fingerprint density at radius 1 is 1.08 bits per heavy atom. The van der Waals surface area contributed by atoms with Gasteiger partial charge < -0.3 is 15.2 Å². The number of thioether (sulfide) groups is 1. The van der Waals surface area contributed by atoms with E-state index in [-0.39, 0.29) is 17.4 Å². The smallest absolute Gasteiger partial charge is 0.321 e. The molecule has 0 aliphatic rings. The Morgan fingerprint density at radius 3 is 2.53 bits per heavy atom. The number of rotatable bonds is 14. The van der Waals surface area contributed by atoms with Crippen molar-refractivity contribution in [2.75, 3.05) is 24.2 Å². The summed E-state index contributed by atoms with van der Waals surface area (Å²) in [5.41, 5.74) is 1.31. The van der Waals surface area contributed by atoms with Gasteiger partial charge in [-0.25, -0.2) is 18.6 Å². The van der Waals surface area contributed by atoms with Crippen LogP contribution in [0.1, 0.15) is 51.9 Å². The van der Waals surface area contributed by atoms with Crippen molar-refractivity contribution in [1.82, 2.24) is 14.9 Å². The van der Waals surface area contributed by atoms with Gasteiger partial charge in [0, 0.05) is 37.0 Å². The van der Waals surface area contributed by atoms with Crippen molar-refractivity contribution in [2.45, 2.75) is 57.0 Å². The number of nitrogens with one attached hydrogen (secondary N) is 2. The first-order valence-electron chi connectivity index (χ1n) is 12.2. The second kappa shape index (κ2) is 13.8. The topological polar surface area (TPSA) is 104 Å². The molecule has 0 saturated heterocycles. The van der Waals surface area contributed by atoms with Gasteiger partial charge >= 0.3 is 6.03 Å². The molecule has 2 aromatic carbocycles. The average molecular weight is 520 g/mol. The maximum absolute atomic E-state index is 14.0. The summed E-state index contributed by atoms with van der Waals surface area (Å²) in [6.45, 7) is 3.24. The fourth-order valence-corrected chi connectivity index (χ4v) is 4.62. The van der Waals surface area contributed by atoms with Crippen LogP contribution in [0.25, 0.3) is 11.0 Å². The minimum absolute atomic E-state index is 0.0214. The molecule has 0 spiro atoms. The van der Waals surface area contributed by atoms with E-state index in [9.17, 15) is 23.7 Å². The van der Waals surface area contributed by atoms with Crippen molar-refractivity contribution < 1.29 is 18.5 Å². The molecule has 0 aliphatic heterocycles. The van der Waals surface area contributed by atoms with Gasteiger partial charge in [0.1, 0.15) is 11.6 Å². The number of hydrogen-bond acceptors (Lipinski definition) is 5. The van der Waals surface area contributed by atoms with Crippen molar-refractivity contribution in [3.8, 4) is 0 Å². The SMILES string of the molecule is CCCCCCN(CCCCCSc1nc2ccc([N+](=O)[O-])cc2[nH]1)C(=O)Nc1ccc(F)cc1F. The van der Waals surface area contributed by atoms with Crippen molar-refractivity contribution in [3.63, 3.8) is 0 Å². The Balaban J connectivity index is 1.45. The van der Waals surface area contributed by atoms with E-state index in [2.05, 4.69) is 22.2 Å². The first-order chi connectivity index (χ1) is 17.4. The summed E-state index contributed by atoms with van der Waals surface area (Å²) in [6, 6.07) is 7.25. The van der Waals surface area contributed by atoms with Crippen LogP contribution in [0.15, 0.2) is 41.6 Å². The van der Waals surface area contributed by atoms with Crippen LogP contribution in [0.2, 0.25) is 0 Å². The lowest BCUT2D eigenvalue weighted by Gasteiger charge is -2.23. The third kappa shape index (κ3) is 8.18. The number of hydrogen-bond donors (Lipinski definition) is 2. The molecule has 36 heavy (non-hydrogen) atoms. The van der Waals surface area contributed by atoms with E-state index >= 15 is 0 Å². The van der Waals surface area contributed by atoms with E-state index < -0.39 is 16.6 Å². The second-order valence-corrected chi connectivity index (χ2v) is 9.60. The van der Waals surface area contributed by atoms with Crippen molar-refractivity contribution in [3.05, 3.63) is 58.1 Å². The number of imidazole rings is 1. The van der Waals surface area contributed by atoms with E-state index in [0.29, 0.717) is 29.3 Å². The van der Waals surface area contributed by atoms with Crippen LogP contribution >= 0.6 is 11.8 Å². The van der Waals surface area contributed by atoms with Crippen LogP contribution in [-0.4, -0.2) is 44.7 Å². The number of nitrogens with zero attached hydrogens (tertiary/aromatic N) is 3. The highest BCUT2D eigenvalue weighted by atomic mass is 32.2. The quantitative estimate of drug-likeness (QED) is 0.102. The molecule has 1 heterocycles. The number of aromatic nitrogens is 2. The number of non-ortho nitro benzene ring substituents is 1. The minimum atomic E-state index is -0.800. The molecule has 0 unspecified atom stereocenters. The molecule has 0 radical (unpaired) electrons. The molecular weight excluding hydrogens is 488 g/mol. The van der Waals surface area contributed by atoms with Gasteiger partial charge in [0.25, 0.3) is 5.69 Å².